The van der Waals surface area contributed by atoms with Crippen molar-refractivity contribution in [2.45, 2.75) is 19.0 Å². The Labute approximate surface area is 118 Å². The number of nitrogens with zero attached hydrogens (tertiary/aromatic N) is 3. The molecule has 1 aliphatic heterocycles. The van der Waals surface area contributed by atoms with Crippen LogP contribution in [-0.2, 0) is 11.0 Å². The molecule has 1 atom stereocenters. The molecule has 0 bridgehead atoms. The Kier molecular flexibility index (Phi) is 4.16. The minimum Gasteiger partial charge on any atom is -0.369 e. The summed E-state index contributed by atoms with van der Waals surface area (Å²) in [6.45, 7) is 0.718. The van der Waals surface area contributed by atoms with E-state index in [4.69, 9.17) is 11.6 Å². The molecule has 7 nitrogen and oxygen atoms in total. The summed E-state index contributed by atoms with van der Waals surface area (Å²) in [6.07, 6.45) is -3.42. The number of amides is 1. The van der Waals surface area contributed by atoms with E-state index in [1.54, 1.807) is 4.90 Å². The fourth-order valence-electron chi connectivity index (χ4n) is 2.21. The normalized spacial score (nSPS) is 19.4. The van der Waals surface area contributed by atoms with Gasteiger partial charge in [-0.05, 0) is 12.8 Å². The lowest BCUT2D eigenvalue weighted by Crippen LogP contribution is -2.41. The van der Waals surface area contributed by atoms with Gasteiger partial charge in [0.15, 0.2) is 0 Å². The highest BCUT2D eigenvalue weighted by Crippen LogP contribution is 2.30. The molecule has 1 fully saturated rings. The van der Waals surface area contributed by atoms with Gasteiger partial charge in [-0.2, -0.15) is 13.2 Å². The number of nitrogens with one attached hydrogen (secondary N) is 1. The van der Waals surface area contributed by atoms with Crippen LogP contribution in [0.1, 0.15) is 18.7 Å². The number of carbonyl (C=O) groups excluding carboxylic acids is 1. The van der Waals surface area contributed by atoms with E-state index in [2.05, 4.69) is 15.4 Å². The fraction of sp³-hybridized carbons (Fsp3) is 0.545. The van der Waals surface area contributed by atoms with E-state index < -0.39 is 23.8 Å². The van der Waals surface area contributed by atoms with E-state index in [0.29, 0.717) is 19.4 Å². The smallest absolute Gasteiger partial charge is 0.369 e. The first-order valence-corrected chi connectivity index (χ1v) is 6.28. The van der Waals surface area contributed by atoms with Gasteiger partial charge in [0, 0.05) is 19.2 Å². The predicted molar refractivity (Wildman–Crippen MR) is 69.0 cm³/mol. The number of anilines is 2. The first kappa shape index (κ1) is 15.3. The average Bonchev–Trinajstić information content (AvgIpc) is 2.46. The summed E-state index contributed by atoms with van der Waals surface area (Å²) in [4.78, 5) is 19.6. The molecule has 0 aromatic carbocycles. The van der Waals surface area contributed by atoms with Crippen LogP contribution in [0.15, 0.2) is 6.07 Å². The van der Waals surface area contributed by atoms with Crippen molar-refractivity contribution in [2.24, 2.45) is 17.5 Å². The number of piperidine rings is 1. The topological polar surface area (TPSA) is 110 Å². The van der Waals surface area contributed by atoms with Gasteiger partial charge < -0.3 is 16.1 Å². The van der Waals surface area contributed by atoms with Crippen LogP contribution in [0.4, 0.5) is 24.8 Å². The number of alkyl halides is 3. The van der Waals surface area contributed by atoms with Crippen molar-refractivity contribution in [1.29, 1.82) is 0 Å². The highest BCUT2D eigenvalue weighted by molar-refractivity contribution is 5.77. The Morgan fingerprint density at radius 3 is 2.71 bits per heavy atom. The summed E-state index contributed by atoms with van der Waals surface area (Å²) in [5.41, 5.74) is 7.34. The monoisotopic (exact) mass is 304 g/mol. The maximum absolute atomic E-state index is 12.8. The zero-order valence-corrected chi connectivity index (χ0v) is 11.0. The Bertz CT molecular complexity index is 535. The number of hydrogen-bond acceptors (Lipinski definition) is 6. The molecule has 0 saturated carbocycles. The number of nitrogens with two attached hydrogens (primary N) is 2. The third kappa shape index (κ3) is 3.51. The molecule has 1 amide bonds. The molecule has 21 heavy (non-hydrogen) atoms. The molecule has 1 aromatic heterocycles. The van der Waals surface area contributed by atoms with Gasteiger partial charge >= 0.3 is 6.18 Å². The molecular formula is C11H15F3N6O. The van der Waals surface area contributed by atoms with Gasteiger partial charge in [-0.25, -0.2) is 15.8 Å². The number of rotatable bonds is 3. The Balaban J connectivity index is 2.32. The molecule has 0 radical (unpaired) electrons. The molecule has 0 aliphatic carbocycles. The number of halogens is 3. The third-order valence-electron chi connectivity index (χ3n) is 3.26. The summed E-state index contributed by atoms with van der Waals surface area (Å²) in [5.74, 6) is 2.90. The molecule has 1 aromatic rings. The maximum Gasteiger partial charge on any atom is 0.451 e. The average molecular weight is 304 g/mol. The molecule has 2 rings (SSSR count). The number of hydrazine groups is 1. The first-order valence-electron chi connectivity index (χ1n) is 6.28. The molecule has 2 heterocycles. The minimum absolute atomic E-state index is 0.0659. The molecular weight excluding hydrogens is 289 g/mol. The van der Waals surface area contributed by atoms with Crippen molar-refractivity contribution in [2.75, 3.05) is 23.4 Å². The lowest BCUT2D eigenvalue weighted by Gasteiger charge is -2.32. The molecule has 5 N–H and O–H groups in total. The summed E-state index contributed by atoms with van der Waals surface area (Å²) in [7, 11) is 0. The molecule has 1 saturated heterocycles. The van der Waals surface area contributed by atoms with E-state index >= 15 is 0 Å². The van der Waals surface area contributed by atoms with Crippen molar-refractivity contribution in [3.8, 4) is 0 Å². The summed E-state index contributed by atoms with van der Waals surface area (Å²) in [5, 5.41) is 0. The van der Waals surface area contributed by atoms with E-state index in [0.717, 1.165) is 0 Å². The Morgan fingerprint density at radius 2 is 2.14 bits per heavy atom. The van der Waals surface area contributed by atoms with Crippen molar-refractivity contribution in [1.82, 2.24) is 9.97 Å². The van der Waals surface area contributed by atoms with Crippen LogP contribution in [0.25, 0.3) is 0 Å². The van der Waals surface area contributed by atoms with Crippen LogP contribution in [0, 0.1) is 5.92 Å². The van der Waals surface area contributed by atoms with Gasteiger partial charge in [-0.3, -0.25) is 4.79 Å². The van der Waals surface area contributed by atoms with Gasteiger partial charge in [0.1, 0.15) is 11.6 Å². The second-order valence-corrected chi connectivity index (χ2v) is 4.76. The van der Waals surface area contributed by atoms with Crippen molar-refractivity contribution >= 4 is 17.5 Å². The predicted octanol–water partition coefficient (Wildman–Crippen LogP) is 0.483. The van der Waals surface area contributed by atoms with Crippen LogP contribution in [-0.4, -0.2) is 29.0 Å². The number of hydrogen-bond donors (Lipinski definition) is 3. The lowest BCUT2D eigenvalue weighted by molar-refractivity contribution is -0.144. The summed E-state index contributed by atoms with van der Waals surface area (Å²) >= 11 is 0. The highest BCUT2D eigenvalue weighted by Gasteiger charge is 2.36. The van der Waals surface area contributed by atoms with Gasteiger partial charge in [0.25, 0.3) is 0 Å². The second-order valence-electron chi connectivity index (χ2n) is 4.76. The molecule has 0 spiro atoms. The van der Waals surface area contributed by atoms with Gasteiger partial charge in [0.2, 0.25) is 11.7 Å². The highest BCUT2D eigenvalue weighted by atomic mass is 19.4. The quantitative estimate of drug-likeness (QED) is 0.553. The number of nitrogen functional groups attached to an aromatic ring is 1. The molecule has 10 heteroatoms. The number of carbonyl (C=O) groups is 1. The standard InChI is InChI=1S/C11H15F3N6O/c12-11(13,14)10-17-7(19-16)4-8(18-10)20-3-1-2-6(5-20)9(15)21/h4,6H,1-3,5,16H2,(H2,15,21)(H,17,18,19). The van der Waals surface area contributed by atoms with Crippen LogP contribution >= 0.6 is 0 Å². The first-order chi connectivity index (χ1) is 9.81. The SMILES string of the molecule is NNc1cc(N2CCCC(C(N)=O)C2)nc(C(F)(F)F)n1. The largest absolute Gasteiger partial charge is 0.451 e. The van der Waals surface area contributed by atoms with Gasteiger partial charge in [-0.15, -0.1) is 0 Å². The van der Waals surface area contributed by atoms with Gasteiger partial charge in [-0.1, -0.05) is 0 Å². The Hall–Kier alpha value is -2.10. The third-order valence-corrected chi connectivity index (χ3v) is 3.26. The van der Waals surface area contributed by atoms with Crippen molar-refractivity contribution < 1.29 is 18.0 Å². The summed E-state index contributed by atoms with van der Waals surface area (Å²) in [6, 6.07) is 1.30. The maximum atomic E-state index is 12.8. The van der Waals surface area contributed by atoms with Crippen LogP contribution in [0.2, 0.25) is 0 Å². The Morgan fingerprint density at radius 1 is 1.43 bits per heavy atom. The van der Waals surface area contributed by atoms with Crippen LogP contribution in [0.3, 0.4) is 0 Å². The van der Waals surface area contributed by atoms with E-state index in [-0.39, 0.29) is 18.2 Å². The fourth-order valence-corrected chi connectivity index (χ4v) is 2.21. The van der Waals surface area contributed by atoms with E-state index in [9.17, 15) is 18.0 Å². The van der Waals surface area contributed by atoms with Crippen molar-refractivity contribution in [3.63, 3.8) is 0 Å². The zero-order valence-electron chi connectivity index (χ0n) is 11.0. The van der Waals surface area contributed by atoms with E-state index in [1.165, 1.54) is 6.07 Å². The van der Waals surface area contributed by atoms with Crippen LogP contribution in [0.5, 0.6) is 0 Å². The second kappa shape index (κ2) is 5.72. The molecule has 116 valence electrons. The molecule has 1 unspecified atom stereocenters. The minimum atomic E-state index is -4.68. The molecule has 1 aliphatic rings. The van der Waals surface area contributed by atoms with Gasteiger partial charge in [0.05, 0.1) is 5.92 Å². The number of primary amides is 1. The number of aromatic nitrogens is 2. The van der Waals surface area contributed by atoms with Crippen LogP contribution < -0.4 is 21.9 Å². The van der Waals surface area contributed by atoms with E-state index in [1.807, 2.05) is 0 Å². The zero-order chi connectivity index (χ0) is 15.6. The lowest BCUT2D eigenvalue weighted by atomic mass is 9.97. The van der Waals surface area contributed by atoms with Crippen molar-refractivity contribution in [3.05, 3.63) is 11.9 Å². The summed E-state index contributed by atoms with van der Waals surface area (Å²) < 4.78 is 38.3.